The number of nitrogens with two attached hydrogens (primary N) is 1. The number of halogens is 1. The molecule has 1 aromatic heterocycles. The second-order valence-electron chi connectivity index (χ2n) is 4.19. The van der Waals surface area contributed by atoms with Gasteiger partial charge in [0.15, 0.2) is 0 Å². The lowest BCUT2D eigenvalue weighted by molar-refractivity contribution is 0.417. The maximum atomic E-state index is 6.01. The summed E-state index contributed by atoms with van der Waals surface area (Å²) in [6.07, 6.45) is 1.69. The highest BCUT2D eigenvalue weighted by molar-refractivity contribution is 7.80. The number of anilines is 2. The van der Waals surface area contributed by atoms with Crippen LogP contribution in [0.3, 0.4) is 0 Å². The fraction of sp³-hybridized carbons (Fsp3) is 0.143. The maximum absolute atomic E-state index is 6.01. The first-order valence-electron chi connectivity index (χ1n) is 5.89. The first kappa shape index (κ1) is 14.6. The van der Waals surface area contributed by atoms with Crippen LogP contribution in [0.25, 0.3) is 0 Å². The molecular formula is C14H14ClN3OS. The third-order valence-electron chi connectivity index (χ3n) is 2.82. The number of nitrogens with zero attached hydrogens (tertiary/aromatic N) is 1. The van der Waals surface area contributed by atoms with Gasteiger partial charge in [0.1, 0.15) is 16.6 Å². The summed E-state index contributed by atoms with van der Waals surface area (Å²) < 4.78 is 5.29. The quantitative estimate of drug-likeness (QED) is 0.847. The average Bonchev–Trinajstić information content (AvgIpc) is 2.38. The van der Waals surface area contributed by atoms with Crippen molar-refractivity contribution in [3.63, 3.8) is 0 Å². The van der Waals surface area contributed by atoms with E-state index in [4.69, 9.17) is 34.3 Å². The second-order valence-corrected chi connectivity index (χ2v) is 5.06. The Labute approximate surface area is 127 Å². The van der Waals surface area contributed by atoms with Crippen molar-refractivity contribution >= 4 is 40.3 Å². The van der Waals surface area contributed by atoms with Gasteiger partial charge in [-0.05, 0) is 36.8 Å². The molecule has 0 radical (unpaired) electrons. The number of aromatic nitrogens is 1. The first-order valence-corrected chi connectivity index (χ1v) is 6.67. The molecule has 0 saturated carbocycles. The number of nitrogens with one attached hydrogen (secondary N) is 1. The number of aryl methyl sites for hydroxylation is 1. The van der Waals surface area contributed by atoms with Crippen molar-refractivity contribution in [2.75, 3.05) is 12.4 Å². The molecule has 2 aromatic rings. The summed E-state index contributed by atoms with van der Waals surface area (Å²) in [5.74, 6) is 1.24. The van der Waals surface area contributed by atoms with E-state index in [1.165, 1.54) is 0 Å². The Morgan fingerprint density at radius 3 is 2.80 bits per heavy atom. The van der Waals surface area contributed by atoms with Crippen molar-refractivity contribution < 1.29 is 4.74 Å². The Hall–Kier alpha value is -1.85. The van der Waals surface area contributed by atoms with E-state index in [9.17, 15) is 0 Å². The number of ether oxygens (including phenoxy) is 1. The number of rotatable bonds is 4. The highest BCUT2D eigenvalue weighted by Gasteiger charge is 2.12. The van der Waals surface area contributed by atoms with Gasteiger partial charge in [-0.15, -0.1) is 0 Å². The summed E-state index contributed by atoms with van der Waals surface area (Å²) in [6, 6.07) is 7.15. The molecule has 1 heterocycles. The topological polar surface area (TPSA) is 60.2 Å². The van der Waals surface area contributed by atoms with Crippen LogP contribution in [0.15, 0.2) is 30.5 Å². The van der Waals surface area contributed by atoms with Crippen molar-refractivity contribution in [1.82, 2.24) is 4.98 Å². The van der Waals surface area contributed by atoms with E-state index >= 15 is 0 Å². The molecular weight excluding hydrogens is 294 g/mol. The molecule has 0 unspecified atom stereocenters. The van der Waals surface area contributed by atoms with Crippen LogP contribution >= 0.6 is 23.8 Å². The SMILES string of the molecule is COc1ccc(Cl)cc1Nc1nccc(C)c1C(N)=S. The molecule has 1 aromatic carbocycles. The number of benzene rings is 1. The van der Waals surface area contributed by atoms with E-state index in [0.717, 1.165) is 5.56 Å². The van der Waals surface area contributed by atoms with Gasteiger partial charge in [-0.3, -0.25) is 0 Å². The Bertz CT molecular complexity index is 661. The lowest BCUT2D eigenvalue weighted by Gasteiger charge is -2.14. The summed E-state index contributed by atoms with van der Waals surface area (Å²) in [5, 5.41) is 3.76. The molecule has 0 bridgehead atoms. The summed E-state index contributed by atoms with van der Waals surface area (Å²) in [6.45, 7) is 1.93. The Kier molecular flexibility index (Phi) is 4.42. The molecule has 0 aliphatic rings. The van der Waals surface area contributed by atoms with Gasteiger partial charge >= 0.3 is 0 Å². The molecule has 4 nitrogen and oxygen atoms in total. The summed E-state index contributed by atoms with van der Waals surface area (Å²) in [7, 11) is 1.59. The predicted molar refractivity (Wildman–Crippen MR) is 86.1 cm³/mol. The minimum Gasteiger partial charge on any atom is -0.495 e. The Balaban J connectivity index is 2.48. The van der Waals surface area contributed by atoms with Crippen molar-refractivity contribution in [2.45, 2.75) is 6.92 Å². The molecule has 104 valence electrons. The van der Waals surface area contributed by atoms with Crippen LogP contribution in [0.4, 0.5) is 11.5 Å². The molecule has 6 heteroatoms. The number of methoxy groups -OCH3 is 1. The standard InChI is InChI=1S/C14H14ClN3OS/c1-8-5-6-17-14(12(8)13(16)20)18-10-7-9(15)3-4-11(10)19-2/h3-7H,1-2H3,(H2,16,20)(H,17,18). The maximum Gasteiger partial charge on any atom is 0.142 e. The van der Waals surface area contributed by atoms with Gasteiger partial charge < -0.3 is 15.8 Å². The molecule has 0 spiro atoms. The van der Waals surface area contributed by atoms with E-state index in [-0.39, 0.29) is 0 Å². The highest BCUT2D eigenvalue weighted by atomic mass is 35.5. The zero-order valence-electron chi connectivity index (χ0n) is 11.1. The molecule has 0 fully saturated rings. The van der Waals surface area contributed by atoms with Gasteiger partial charge in [-0.1, -0.05) is 23.8 Å². The zero-order valence-corrected chi connectivity index (χ0v) is 12.7. The van der Waals surface area contributed by atoms with Crippen LogP contribution in [0, 0.1) is 6.92 Å². The zero-order chi connectivity index (χ0) is 14.7. The molecule has 0 amide bonds. The number of thiocarbonyl (C=S) groups is 1. The van der Waals surface area contributed by atoms with Gasteiger partial charge in [-0.25, -0.2) is 4.98 Å². The molecule has 20 heavy (non-hydrogen) atoms. The van der Waals surface area contributed by atoms with E-state index < -0.39 is 0 Å². The smallest absolute Gasteiger partial charge is 0.142 e. The normalized spacial score (nSPS) is 10.2. The van der Waals surface area contributed by atoms with E-state index in [2.05, 4.69) is 10.3 Å². The predicted octanol–water partition coefficient (Wildman–Crippen LogP) is 3.43. The number of hydrogen-bond acceptors (Lipinski definition) is 4. The molecule has 2 rings (SSSR count). The fourth-order valence-electron chi connectivity index (χ4n) is 1.87. The fourth-order valence-corrected chi connectivity index (χ4v) is 2.30. The minimum atomic E-state index is 0.291. The van der Waals surface area contributed by atoms with Gasteiger partial charge in [0, 0.05) is 11.2 Å². The number of pyridine rings is 1. The van der Waals surface area contributed by atoms with Crippen molar-refractivity contribution in [2.24, 2.45) is 5.73 Å². The van der Waals surface area contributed by atoms with Gasteiger partial charge in [-0.2, -0.15) is 0 Å². The average molecular weight is 308 g/mol. The first-order chi connectivity index (χ1) is 9.52. The van der Waals surface area contributed by atoms with Gasteiger partial charge in [0.05, 0.1) is 18.4 Å². The van der Waals surface area contributed by atoms with E-state index in [1.54, 1.807) is 31.5 Å². The molecule has 0 saturated heterocycles. The Morgan fingerprint density at radius 2 is 2.15 bits per heavy atom. The lowest BCUT2D eigenvalue weighted by Crippen LogP contribution is -2.15. The van der Waals surface area contributed by atoms with Crippen LogP contribution in [0.5, 0.6) is 5.75 Å². The lowest BCUT2D eigenvalue weighted by atomic mass is 10.1. The highest BCUT2D eigenvalue weighted by Crippen LogP contribution is 2.31. The van der Waals surface area contributed by atoms with E-state index in [1.807, 2.05) is 13.0 Å². The summed E-state index contributed by atoms with van der Waals surface area (Å²) in [4.78, 5) is 4.57. The molecule has 0 atom stereocenters. The largest absolute Gasteiger partial charge is 0.495 e. The van der Waals surface area contributed by atoms with Crippen LogP contribution in [-0.2, 0) is 0 Å². The molecule has 3 N–H and O–H groups in total. The number of hydrogen-bond donors (Lipinski definition) is 2. The van der Waals surface area contributed by atoms with Crippen molar-refractivity contribution in [3.8, 4) is 5.75 Å². The summed E-state index contributed by atoms with van der Waals surface area (Å²) >= 11 is 11.1. The van der Waals surface area contributed by atoms with Crippen LogP contribution in [-0.4, -0.2) is 17.1 Å². The van der Waals surface area contributed by atoms with Gasteiger partial charge in [0.25, 0.3) is 0 Å². The van der Waals surface area contributed by atoms with Crippen LogP contribution < -0.4 is 15.8 Å². The Morgan fingerprint density at radius 1 is 1.40 bits per heavy atom. The third-order valence-corrected chi connectivity index (χ3v) is 3.26. The molecule has 0 aliphatic carbocycles. The van der Waals surface area contributed by atoms with E-state index in [0.29, 0.717) is 32.8 Å². The van der Waals surface area contributed by atoms with Crippen molar-refractivity contribution in [1.29, 1.82) is 0 Å². The van der Waals surface area contributed by atoms with Crippen molar-refractivity contribution in [3.05, 3.63) is 46.6 Å². The summed E-state index contributed by atoms with van der Waals surface area (Å²) in [5.41, 5.74) is 8.14. The third kappa shape index (κ3) is 3.00. The van der Waals surface area contributed by atoms with Crippen LogP contribution in [0.1, 0.15) is 11.1 Å². The minimum absolute atomic E-state index is 0.291. The molecule has 0 aliphatic heterocycles. The monoisotopic (exact) mass is 307 g/mol. The van der Waals surface area contributed by atoms with Gasteiger partial charge in [0.2, 0.25) is 0 Å². The second kappa shape index (κ2) is 6.07. The van der Waals surface area contributed by atoms with Crippen LogP contribution in [0.2, 0.25) is 5.02 Å².